The maximum Gasteiger partial charge on any atom is 0.0460 e. The molecule has 0 amide bonds. The van der Waals surface area contributed by atoms with Crippen LogP contribution in [-0.2, 0) is 6.54 Å². The monoisotopic (exact) mass is 316 g/mol. The van der Waals surface area contributed by atoms with Crippen LogP contribution in [0, 0.1) is 0 Å². The van der Waals surface area contributed by atoms with E-state index in [1.165, 1.54) is 22.0 Å². The molecule has 24 heavy (non-hydrogen) atoms. The summed E-state index contributed by atoms with van der Waals surface area (Å²) >= 11 is 0. The molecular formula is C22H24N2. The van der Waals surface area contributed by atoms with Gasteiger partial charge in [0.15, 0.2) is 0 Å². The molecule has 0 radical (unpaired) electrons. The highest BCUT2D eigenvalue weighted by atomic mass is 15.1. The number of nitrogens with zero attached hydrogens (tertiary/aromatic N) is 1. The molecule has 1 aliphatic heterocycles. The summed E-state index contributed by atoms with van der Waals surface area (Å²) in [5, 5.41) is 1.36. The van der Waals surface area contributed by atoms with Gasteiger partial charge in [-0.05, 0) is 30.0 Å². The van der Waals surface area contributed by atoms with Crippen molar-refractivity contribution in [3.05, 3.63) is 77.5 Å². The van der Waals surface area contributed by atoms with E-state index in [9.17, 15) is 0 Å². The predicted octanol–water partition coefficient (Wildman–Crippen LogP) is 5.24. The van der Waals surface area contributed by atoms with E-state index in [2.05, 4.69) is 77.6 Å². The number of hydrogen-bond donors (Lipinski definition) is 1. The van der Waals surface area contributed by atoms with Gasteiger partial charge >= 0.3 is 0 Å². The van der Waals surface area contributed by atoms with Gasteiger partial charge < -0.3 is 4.98 Å². The Morgan fingerprint density at radius 3 is 2.62 bits per heavy atom. The molecule has 122 valence electrons. The summed E-state index contributed by atoms with van der Waals surface area (Å²) in [4.78, 5) is 6.01. The lowest BCUT2D eigenvalue weighted by molar-refractivity contribution is 0.283. The summed E-state index contributed by atoms with van der Waals surface area (Å²) in [6.45, 7) is 5.55. The Balaban J connectivity index is 1.62. The third kappa shape index (κ3) is 2.90. The topological polar surface area (TPSA) is 19.0 Å². The fourth-order valence-corrected chi connectivity index (χ4v) is 3.84. The van der Waals surface area contributed by atoms with Gasteiger partial charge in [0.25, 0.3) is 0 Å². The first-order valence-corrected chi connectivity index (χ1v) is 8.89. The first kappa shape index (κ1) is 15.2. The molecule has 4 rings (SSSR count). The van der Waals surface area contributed by atoms with Crippen LogP contribution >= 0.6 is 0 Å². The number of hydrogen-bond acceptors (Lipinski definition) is 1. The van der Waals surface area contributed by atoms with Gasteiger partial charge in [-0.3, -0.25) is 4.90 Å². The molecule has 0 fully saturated rings. The largest absolute Gasteiger partial charge is 0.361 e. The Hall–Kier alpha value is -2.32. The van der Waals surface area contributed by atoms with Crippen molar-refractivity contribution < 1.29 is 0 Å². The molecule has 0 saturated carbocycles. The lowest BCUT2D eigenvalue weighted by atomic mass is 9.91. The third-order valence-electron chi connectivity index (χ3n) is 5.11. The van der Waals surface area contributed by atoms with Gasteiger partial charge in [0.1, 0.15) is 0 Å². The van der Waals surface area contributed by atoms with Crippen molar-refractivity contribution in [2.24, 2.45) is 0 Å². The second-order valence-electron chi connectivity index (χ2n) is 6.63. The standard InChI is InChI=1S/C22H24N2/c1-2-18-16-24(15-17-8-4-3-5-9-17)13-12-19(18)21-14-23-22-11-7-6-10-20(21)22/h3-11,14,23H,2,12-13,15-16H2,1H3. The fourth-order valence-electron chi connectivity index (χ4n) is 3.84. The van der Waals surface area contributed by atoms with Gasteiger partial charge in [-0.15, -0.1) is 0 Å². The molecule has 0 atom stereocenters. The Labute approximate surface area is 143 Å². The summed E-state index contributed by atoms with van der Waals surface area (Å²) in [7, 11) is 0. The molecule has 0 aliphatic carbocycles. The summed E-state index contributed by atoms with van der Waals surface area (Å²) in [6.07, 6.45) is 4.46. The van der Waals surface area contributed by atoms with E-state index in [-0.39, 0.29) is 0 Å². The molecule has 1 aliphatic rings. The zero-order valence-electron chi connectivity index (χ0n) is 14.3. The Morgan fingerprint density at radius 1 is 1.00 bits per heavy atom. The van der Waals surface area contributed by atoms with E-state index < -0.39 is 0 Å². The number of nitrogens with one attached hydrogen (secondary N) is 1. The zero-order valence-corrected chi connectivity index (χ0v) is 14.3. The number of aromatic nitrogens is 1. The van der Waals surface area contributed by atoms with Gasteiger partial charge in [-0.2, -0.15) is 0 Å². The minimum atomic E-state index is 1.05. The van der Waals surface area contributed by atoms with Crippen molar-refractivity contribution in [1.29, 1.82) is 0 Å². The number of H-pyrrole nitrogens is 1. The molecule has 2 aromatic carbocycles. The van der Waals surface area contributed by atoms with Crippen LogP contribution in [0.2, 0.25) is 0 Å². The van der Waals surface area contributed by atoms with E-state index in [1.54, 1.807) is 11.1 Å². The van der Waals surface area contributed by atoms with Crippen LogP contribution in [-0.4, -0.2) is 23.0 Å². The quantitative estimate of drug-likeness (QED) is 0.697. The van der Waals surface area contributed by atoms with Crippen LogP contribution < -0.4 is 0 Å². The van der Waals surface area contributed by atoms with Crippen molar-refractivity contribution in [3.63, 3.8) is 0 Å². The van der Waals surface area contributed by atoms with Crippen LogP contribution in [0.15, 0.2) is 66.4 Å². The summed E-state index contributed by atoms with van der Waals surface area (Å²) in [5.74, 6) is 0. The molecule has 0 bridgehead atoms. The molecule has 1 aromatic heterocycles. The summed E-state index contributed by atoms with van der Waals surface area (Å²) < 4.78 is 0. The fraction of sp³-hybridized carbons (Fsp3) is 0.273. The van der Waals surface area contributed by atoms with Gasteiger partial charge in [0, 0.05) is 42.3 Å². The second-order valence-corrected chi connectivity index (χ2v) is 6.63. The van der Waals surface area contributed by atoms with E-state index in [4.69, 9.17) is 0 Å². The van der Waals surface area contributed by atoms with Crippen LogP contribution in [0.25, 0.3) is 16.5 Å². The van der Waals surface area contributed by atoms with Gasteiger partial charge in [-0.25, -0.2) is 0 Å². The minimum absolute atomic E-state index is 1.05. The van der Waals surface area contributed by atoms with Crippen LogP contribution in [0.1, 0.15) is 30.9 Å². The van der Waals surface area contributed by atoms with Crippen molar-refractivity contribution in [2.75, 3.05) is 13.1 Å². The van der Waals surface area contributed by atoms with E-state index in [0.29, 0.717) is 0 Å². The van der Waals surface area contributed by atoms with Crippen molar-refractivity contribution in [3.8, 4) is 0 Å². The smallest absolute Gasteiger partial charge is 0.0460 e. The van der Waals surface area contributed by atoms with E-state index in [0.717, 1.165) is 32.5 Å². The molecule has 0 spiro atoms. The lowest BCUT2D eigenvalue weighted by Crippen LogP contribution is -2.31. The van der Waals surface area contributed by atoms with E-state index in [1.807, 2.05) is 0 Å². The van der Waals surface area contributed by atoms with Crippen LogP contribution in [0.4, 0.5) is 0 Å². The van der Waals surface area contributed by atoms with E-state index >= 15 is 0 Å². The molecule has 2 nitrogen and oxygen atoms in total. The molecule has 1 N–H and O–H groups in total. The summed E-state index contributed by atoms with van der Waals surface area (Å²) in [6, 6.07) is 19.4. The number of aromatic amines is 1. The number of para-hydroxylation sites is 1. The summed E-state index contributed by atoms with van der Waals surface area (Å²) in [5.41, 5.74) is 7.19. The van der Waals surface area contributed by atoms with Crippen LogP contribution in [0.3, 0.4) is 0 Å². The SMILES string of the molecule is CCC1=C(c2c[nH]c3ccccc23)CCN(Cc2ccccc2)C1. The first-order valence-electron chi connectivity index (χ1n) is 8.89. The van der Waals surface area contributed by atoms with Gasteiger partial charge in [0.2, 0.25) is 0 Å². The maximum absolute atomic E-state index is 3.43. The number of benzene rings is 2. The average Bonchev–Trinajstić information content (AvgIpc) is 3.06. The Bertz CT molecular complexity index is 858. The van der Waals surface area contributed by atoms with Crippen molar-refractivity contribution >= 4 is 16.5 Å². The van der Waals surface area contributed by atoms with Crippen molar-refractivity contribution in [2.45, 2.75) is 26.3 Å². The molecule has 2 heterocycles. The lowest BCUT2D eigenvalue weighted by Gasteiger charge is -2.31. The van der Waals surface area contributed by atoms with Gasteiger partial charge in [0.05, 0.1) is 0 Å². The highest BCUT2D eigenvalue weighted by molar-refractivity contribution is 5.93. The van der Waals surface area contributed by atoms with Gasteiger partial charge in [-0.1, -0.05) is 61.0 Å². The Morgan fingerprint density at radius 2 is 1.79 bits per heavy atom. The van der Waals surface area contributed by atoms with Crippen molar-refractivity contribution in [1.82, 2.24) is 9.88 Å². The molecule has 3 aromatic rings. The average molecular weight is 316 g/mol. The Kier molecular flexibility index (Phi) is 4.22. The first-order chi connectivity index (χ1) is 11.8. The molecule has 0 saturated heterocycles. The minimum Gasteiger partial charge on any atom is -0.361 e. The second kappa shape index (κ2) is 6.66. The third-order valence-corrected chi connectivity index (χ3v) is 5.11. The number of rotatable bonds is 4. The predicted molar refractivity (Wildman–Crippen MR) is 102 cm³/mol. The maximum atomic E-state index is 3.43. The number of fused-ring (bicyclic) bond motifs is 1. The highest BCUT2D eigenvalue weighted by Crippen LogP contribution is 2.34. The zero-order chi connectivity index (χ0) is 16.4. The highest BCUT2D eigenvalue weighted by Gasteiger charge is 2.20. The molecule has 2 heteroatoms. The molecular weight excluding hydrogens is 292 g/mol. The molecule has 0 unspecified atom stereocenters. The van der Waals surface area contributed by atoms with Crippen LogP contribution in [0.5, 0.6) is 0 Å². The normalized spacial score (nSPS) is 16.0.